The van der Waals surface area contributed by atoms with Gasteiger partial charge in [-0.25, -0.2) is 4.99 Å². The van der Waals surface area contributed by atoms with Gasteiger partial charge in [-0.05, 0) is 37.0 Å². The molecule has 154 valence electrons. The first-order valence-corrected chi connectivity index (χ1v) is 9.80. The lowest BCUT2D eigenvalue weighted by molar-refractivity contribution is 0.145. The molecule has 7 nitrogen and oxygen atoms in total. The highest BCUT2D eigenvalue weighted by Crippen LogP contribution is 2.14. The molecule has 0 fully saturated rings. The molecule has 1 heterocycles. The zero-order valence-electron chi connectivity index (χ0n) is 17.3. The van der Waals surface area contributed by atoms with Crippen LogP contribution >= 0.6 is 0 Å². The van der Waals surface area contributed by atoms with Crippen LogP contribution in [0.25, 0.3) is 0 Å². The van der Waals surface area contributed by atoms with E-state index >= 15 is 0 Å². The standard InChI is InChI=1S/C21H32N4O3/c1-5-27-12-6-11-22-21(23-14-17-7-9-18(26-4)10-8-17)24-15-19-13-20(16(2)3)25-28-19/h7-10,13,16H,5-6,11-12,14-15H2,1-4H3,(H2,22,23,24). The van der Waals surface area contributed by atoms with Crippen LogP contribution in [0.1, 0.15) is 50.1 Å². The van der Waals surface area contributed by atoms with Gasteiger partial charge in [-0.1, -0.05) is 31.1 Å². The maximum atomic E-state index is 5.39. The molecule has 0 atom stereocenters. The van der Waals surface area contributed by atoms with E-state index in [4.69, 9.17) is 14.0 Å². The largest absolute Gasteiger partial charge is 0.497 e. The Morgan fingerprint density at radius 2 is 2.00 bits per heavy atom. The van der Waals surface area contributed by atoms with Gasteiger partial charge < -0.3 is 24.6 Å². The number of nitrogens with one attached hydrogen (secondary N) is 2. The highest BCUT2D eigenvalue weighted by molar-refractivity contribution is 5.79. The maximum Gasteiger partial charge on any atom is 0.191 e. The van der Waals surface area contributed by atoms with Crippen LogP contribution in [-0.2, 0) is 17.8 Å². The van der Waals surface area contributed by atoms with Crippen molar-refractivity contribution >= 4 is 5.96 Å². The number of nitrogens with zero attached hydrogens (tertiary/aromatic N) is 2. The number of hydrogen-bond acceptors (Lipinski definition) is 5. The Hall–Kier alpha value is -2.54. The van der Waals surface area contributed by atoms with Gasteiger partial charge in [0.2, 0.25) is 0 Å². The normalized spacial score (nSPS) is 11.7. The molecular weight excluding hydrogens is 356 g/mol. The lowest BCUT2D eigenvalue weighted by Crippen LogP contribution is -2.37. The first-order chi connectivity index (χ1) is 13.6. The van der Waals surface area contributed by atoms with Crippen LogP contribution in [0.2, 0.25) is 0 Å². The van der Waals surface area contributed by atoms with Gasteiger partial charge in [-0.15, -0.1) is 0 Å². The van der Waals surface area contributed by atoms with Gasteiger partial charge in [0, 0.05) is 25.8 Å². The number of methoxy groups -OCH3 is 1. The predicted molar refractivity (Wildman–Crippen MR) is 111 cm³/mol. The molecule has 2 N–H and O–H groups in total. The van der Waals surface area contributed by atoms with Gasteiger partial charge in [0.25, 0.3) is 0 Å². The quantitative estimate of drug-likeness (QED) is 0.349. The summed E-state index contributed by atoms with van der Waals surface area (Å²) in [4.78, 5) is 4.67. The molecule has 0 saturated carbocycles. The van der Waals surface area contributed by atoms with E-state index in [-0.39, 0.29) is 0 Å². The SMILES string of the molecule is CCOCCCNC(=NCc1ccc(OC)cc1)NCc1cc(C(C)C)no1. The van der Waals surface area contributed by atoms with Crippen molar-refractivity contribution in [1.29, 1.82) is 0 Å². The molecular formula is C21H32N4O3. The molecule has 2 rings (SSSR count). The third-order valence-electron chi connectivity index (χ3n) is 4.14. The third kappa shape index (κ3) is 7.60. The summed E-state index contributed by atoms with van der Waals surface area (Å²) in [5.74, 6) is 2.70. The van der Waals surface area contributed by atoms with Crippen LogP contribution in [-0.4, -0.2) is 38.0 Å². The summed E-state index contributed by atoms with van der Waals surface area (Å²) in [7, 11) is 1.66. The highest BCUT2D eigenvalue weighted by Gasteiger charge is 2.08. The van der Waals surface area contributed by atoms with E-state index in [0.29, 0.717) is 19.0 Å². The summed E-state index contributed by atoms with van der Waals surface area (Å²) >= 11 is 0. The van der Waals surface area contributed by atoms with Crippen LogP contribution in [0.4, 0.5) is 0 Å². The van der Waals surface area contributed by atoms with Crippen molar-refractivity contribution in [2.45, 2.75) is 46.2 Å². The highest BCUT2D eigenvalue weighted by atomic mass is 16.5. The average molecular weight is 389 g/mol. The van der Waals surface area contributed by atoms with Gasteiger partial charge in [0.1, 0.15) is 5.75 Å². The second-order valence-corrected chi connectivity index (χ2v) is 6.72. The van der Waals surface area contributed by atoms with E-state index in [9.17, 15) is 0 Å². The van der Waals surface area contributed by atoms with Gasteiger partial charge in [-0.3, -0.25) is 0 Å². The molecule has 0 aliphatic heterocycles. The minimum absolute atomic E-state index is 0.345. The second-order valence-electron chi connectivity index (χ2n) is 6.72. The lowest BCUT2D eigenvalue weighted by atomic mass is 10.1. The summed E-state index contributed by atoms with van der Waals surface area (Å²) in [5.41, 5.74) is 2.07. The Bertz CT molecular complexity index is 711. The number of aliphatic imine (C=N–C) groups is 1. The maximum absolute atomic E-state index is 5.39. The Morgan fingerprint density at radius 3 is 2.64 bits per heavy atom. The average Bonchev–Trinajstić information content (AvgIpc) is 3.19. The van der Waals surface area contributed by atoms with Gasteiger partial charge in [-0.2, -0.15) is 0 Å². The van der Waals surface area contributed by atoms with E-state index in [1.807, 2.05) is 37.3 Å². The predicted octanol–water partition coefficient (Wildman–Crippen LogP) is 3.47. The lowest BCUT2D eigenvalue weighted by Gasteiger charge is -2.12. The smallest absolute Gasteiger partial charge is 0.191 e. The topological polar surface area (TPSA) is 80.9 Å². The van der Waals surface area contributed by atoms with Crippen molar-refractivity contribution in [1.82, 2.24) is 15.8 Å². The van der Waals surface area contributed by atoms with E-state index < -0.39 is 0 Å². The molecule has 0 amide bonds. The Labute approximate surface area is 167 Å². The number of hydrogen-bond donors (Lipinski definition) is 2. The molecule has 0 radical (unpaired) electrons. The summed E-state index contributed by atoms with van der Waals surface area (Å²) in [6.07, 6.45) is 0.914. The van der Waals surface area contributed by atoms with Crippen LogP contribution in [0, 0.1) is 0 Å². The molecule has 7 heteroatoms. The summed E-state index contributed by atoms with van der Waals surface area (Å²) in [5, 5.41) is 10.8. The summed E-state index contributed by atoms with van der Waals surface area (Å²) in [6.45, 7) is 9.53. The molecule has 28 heavy (non-hydrogen) atoms. The first-order valence-electron chi connectivity index (χ1n) is 9.80. The van der Waals surface area contributed by atoms with Crippen molar-refractivity contribution < 1.29 is 14.0 Å². The van der Waals surface area contributed by atoms with E-state index in [2.05, 4.69) is 34.6 Å². The van der Waals surface area contributed by atoms with E-state index in [1.165, 1.54) is 0 Å². The molecule has 0 aliphatic rings. The Kier molecular flexibility index (Phi) is 9.34. The number of rotatable bonds is 11. The number of benzene rings is 1. The monoisotopic (exact) mass is 388 g/mol. The van der Waals surface area contributed by atoms with Crippen LogP contribution in [0.5, 0.6) is 5.75 Å². The van der Waals surface area contributed by atoms with Crippen molar-refractivity contribution in [3.05, 3.63) is 47.3 Å². The minimum Gasteiger partial charge on any atom is -0.497 e. The Balaban J connectivity index is 1.93. The summed E-state index contributed by atoms with van der Waals surface area (Å²) < 4.78 is 16.0. The van der Waals surface area contributed by atoms with Crippen molar-refractivity contribution in [2.24, 2.45) is 4.99 Å². The molecule has 0 aliphatic carbocycles. The van der Waals surface area contributed by atoms with E-state index in [1.54, 1.807) is 7.11 Å². The minimum atomic E-state index is 0.345. The van der Waals surface area contributed by atoms with Gasteiger partial charge in [0.15, 0.2) is 11.7 Å². The first kappa shape index (κ1) is 21.8. The fraction of sp³-hybridized carbons (Fsp3) is 0.524. The number of aromatic nitrogens is 1. The molecule has 1 aromatic heterocycles. The van der Waals surface area contributed by atoms with Crippen LogP contribution < -0.4 is 15.4 Å². The van der Waals surface area contributed by atoms with Crippen molar-refractivity contribution in [3.8, 4) is 5.75 Å². The molecule has 0 bridgehead atoms. The second kappa shape index (κ2) is 12.0. The van der Waals surface area contributed by atoms with Crippen LogP contribution in [0.3, 0.4) is 0 Å². The molecule has 0 unspecified atom stereocenters. The van der Waals surface area contributed by atoms with Gasteiger partial charge >= 0.3 is 0 Å². The molecule has 0 saturated heterocycles. The fourth-order valence-corrected chi connectivity index (χ4v) is 2.46. The number of guanidine groups is 1. The fourth-order valence-electron chi connectivity index (χ4n) is 2.46. The molecule has 0 spiro atoms. The van der Waals surface area contributed by atoms with Crippen LogP contribution in [0.15, 0.2) is 39.8 Å². The number of ether oxygens (including phenoxy) is 2. The van der Waals surface area contributed by atoms with Gasteiger partial charge in [0.05, 0.1) is 25.9 Å². The molecule has 1 aromatic carbocycles. The summed E-state index contributed by atoms with van der Waals surface area (Å²) in [6, 6.07) is 9.89. The molecule has 2 aromatic rings. The van der Waals surface area contributed by atoms with E-state index in [0.717, 1.165) is 54.9 Å². The Morgan fingerprint density at radius 1 is 1.21 bits per heavy atom. The van der Waals surface area contributed by atoms with Crippen molar-refractivity contribution in [3.63, 3.8) is 0 Å². The van der Waals surface area contributed by atoms with Crippen molar-refractivity contribution in [2.75, 3.05) is 26.9 Å². The zero-order valence-corrected chi connectivity index (χ0v) is 17.3. The third-order valence-corrected chi connectivity index (χ3v) is 4.14. The zero-order chi connectivity index (χ0) is 20.2.